The number of thiocarbonyl (C=S) groups is 1. The van der Waals surface area contributed by atoms with Gasteiger partial charge >= 0.3 is 5.97 Å². The summed E-state index contributed by atoms with van der Waals surface area (Å²) < 4.78 is 15.1. The van der Waals surface area contributed by atoms with E-state index in [0.29, 0.717) is 19.9 Å². The maximum absolute atomic E-state index is 14.5. The topological polar surface area (TPSA) is 40.5 Å². The van der Waals surface area contributed by atoms with Crippen LogP contribution >= 0.6 is 39.9 Å². The molecular formula is C21H19BrFNO2S2. The van der Waals surface area contributed by atoms with E-state index in [2.05, 4.69) is 42.8 Å². The van der Waals surface area contributed by atoms with Crippen molar-refractivity contribution < 1.29 is 14.3 Å². The van der Waals surface area contributed by atoms with E-state index in [1.807, 2.05) is 17.0 Å². The monoisotopic (exact) mass is 479 g/mol. The largest absolute Gasteiger partial charge is 0.478 e. The van der Waals surface area contributed by atoms with E-state index in [9.17, 15) is 14.3 Å². The van der Waals surface area contributed by atoms with Crippen LogP contribution in [0.1, 0.15) is 31.9 Å². The number of hydrogen-bond acceptors (Lipinski definition) is 3. The average Bonchev–Trinajstić information content (AvgIpc) is 2.58. The summed E-state index contributed by atoms with van der Waals surface area (Å²) >= 11 is 10.2. The fraction of sp³-hybridized carbons (Fsp3) is 0.238. The number of anilines is 1. The van der Waals surface area contributed by atoms with Crippen molar-refractivity contribution in [1.82, 2.24) is 0 Å². The molecule has 7 heteroatoms. The van der Waals surface area contributed by atoms with Gasteiger partial charge in [0, 0.05) is 21.0 Å². The minimum Gasteiger partial charge on any atom is -0.478 e. The quantitative estimate of drug-likeness (QED) is 0.413. The number of rotatable bonds is 3. The van der Waals surface area contributed by atoms with Crippen LogP contribution in [0.25, 0.3) is 0 Å². The number of carbonyl (C=O) groups is 1. The Morgan fingerprint density at radius 2 is 2.00 bits per heavy atom. The predicted octanol–water partition coefficient (Wildman–Crippen LogP) is 6.29. The molecule has 0 unspecified atom stereocenters. The minimum absolute atomic E-state index is 0.0625. The van der Waals surface area contributed by atoms with Crippen molar-refractivity contribution in [3.63, 3.8) is 0 Å². The highest BCUT2D eigenvalue weighted by atomic mass is 79.9. The summed E-state index contributed by atoms with van der Waals surface area (Å²) in [5.41, 5.74) is 2.42. The van der Waals surface area contributed by atoms with Crippen molar-refractivity contribution in [2.75, 3.05) is 4.90 Å². The van der Waals surface area contributed by atoms with Crippen molar-refractivity contribution in [3.05, 3.63) is 68.8 Å². The van der Waals surface area contributed by atoms with Crippen LogP contribution in [0.3, 0.4) is 0 Å². The van der Waals surface area contributed by atoms with Crippen LogP contribution in [0, 0.1) is 5.82 Å². The molecule has 0 bridgehead atoms. The van der Waals surface area contributed by atoms with Gasteiger partial charge in [-0.25, -0.2) is 9.18 Å². The second-order valence-corrected chi connectivity index (χ2v) is 9.89. The highest BCUT2D eigenvalue weighted by molar-refractivity contribution is 9.10. The van der Waals surface area contributed by atoms with E-state index in [0.717, 1.165) is 22.2 Å². The molecule has 2 aromatic rings. The molecule has 1 N–H and O–H groups in total. The SMILES string of the molecule is CC(C)(C)c1ccc2c(c1)N(Cc1ccc(Br)cc1F)C(=S)/C(=C/C(=O)O)S2. The lowest BCUT2D eigenvalue weighted by Crippen LogP contribution is -2.33. The molecule has 0 saturated heterocycles. The minimum atomic E-state index is -1.06. The number of carboxylic acids is 1. The lowest BCUT2D eigenvalue weighted by atomic mass is 9.87. The van der Waals surface area contributed by atoms with Gasteiger partial charge in [-0.15, -0.1) is 0 Å². The second-order valence-electron chi connectivity index (χ2n) is 7.51. The van der Waals surface area contributed by atoms with Crippen molar-refractivity contribution in [3.8, 4) is 0 Å². The van der Waals surface area contributed by atoms with Crippen molar-refractivity contribution in [2.45, 2.75) is 37.6 Å². The summed E-state index contributed by atoms with van der Waals surface area (Å²) in [6, 6.07) is 11.0. The maximum Gasteiger partial charge on any atom is 0.329 e. The standard InChI is InChI=1S/C21H19BrFNO2S2/c1-21(2,3)13-5-7-17-16(8-13)24(20(27)18(28-17)10-19(25)26)11-12-4-6-14(22)9-15(12)23/h4-10H,11H2,1-3H3,(H,25,26)/b18-10-. The van der Waals surface area contributed by atoms with E-state index >= 15 is 0 Å². The highest BCUT2D eigenvalue weighted by Gasteiger charge is 2.29. The Bertz CT molecular complexity index is 998. The lowest BCUT2D eigenvalue weighted by molar-refractivity contribution is -0.131. The zero-order chi connectivity index (χ0) is 20.6. The number of nitrogens with zero attached hydrogens (tertiary/aromatic N) is 1. The summed E-state index contributed by atoms with van der Waals surface area (Å²) in [4.78, 5) is 14.8. The third kappa shape index (κ3) is 4.47. The Hall–Kier alpha value is -1.70. The Morgan fingerprint density at radius 1 is 1.29 bits per heavy atom. The molecule has 146 valence electrons. The highest BCUT2D eigenvalue weighted by Crippen LogP contribution is 2.44. The van der Waals surface area contributed by atoms with Crippen molar-refractivity contribution in [1.29, 1.82) is 0 Å². The Balaban J connectivity index is 2.12. The van der Waals surface area contributed by atoms with Gasteiger partial charge in [0.1, 0.15) is 10.8 Å². The summed E-state index contributed by atoms with van der Waals surface area (Å²) in [5.74, 6) is -1.40. The van der Waals surface area contributed by atoms with E-state index in [1.165, 1.54) is 17.8 Å². The summed E-state index contributed by atoms with van der Waals surface area (Å²) in [7, 11) is 0. The van der Waals surface area contributed by atoms with Gasteiger partial charge < -0.3 is 10.0 Å². The number of halogens is 2. The third-order valence-electron chi connectivity index (χ3n) is 4.39. The molecule has 0 aromatic heterocycles. The van der Waals surface area contributed by atoms with Crippen LogP contribution in [-0.4, -0.2) is 16.1 Å². The van der Waals surface area contributed by atoms with Crippen LogP contribution < -0.4 is 4.90 Å². The van der Waals surface area contributed by atoms with Gasteiger partial charge in [0.25, 0.3) is 0 Å². The van der Waals surface area contributed by atoms with E-state index in [1.54, 1.807) is 12.1 Å². The van der Waals surface area contributed by atoms with E-state index in [-0.39, 0.29) is 17.8 Å². The van der Waals surface area contributed by atoms with Crippen LogP contribution in [0.15, 0.2) is 56.7 Å². The van der Waals surface area contributed by atoms with Gasteiger partial charge in [0.2, 0.25) is 0 Å². The number of fused-ring (bicyclic) bond motifs is 1. The fourth-order valence-electron chi connectivity index (χ4n) is 2.87. The van der Waals surface area contributed by atoms with Gasteiger partial charge in [-0.2, -0.15) is 0 Å². The number of hydrogen-bond donors (Lipinski definition) is 1. The molecule has 1 heterocycles. The molecule has 1 aliphatic heterocycles. The van der Waals surface area contributed by atoms with Gasteiger partial charge in [-0.05, 0) is 35.2 Å². The van der Waals surface area contributed by atoms with Crippen molar-refractivity contribution in [2.24, 2.45) is 0 Å². The molecule has 1 aliphatic rings. The molecule has 0 spiro atoms. The maximum atomic E-state index is 14.5. The zero-order valence-electron chi connectivity index (χ0n) is 15.6. The van der Waals surface area contributed by atoms with Gasteiger partial charge in [0.15, 0.2) is 0 Å². The van der Waals surface area contributed by atoms with Gasteiger partial charge in [-0.3, -0.25) is 0 Å². The van der Waals surface area contributed by atoms with Crippen LogP contribution in [-0.2, 0) is 16.8 Å². The molecule has 0 atom stereocenters. The first-order valence-corrected chi connectivity index (χ1v) is 10.6. The molecule has 0 saturated carbocycles. The van der Waals surface area contributed by atoms with Crippen molar-refractivity contribution >= 4 is 56.6 Å². The zero-order valence-corrected chi connectivity index (χ0v) is 18.8. The molecule has 0 radical (unpaired) electrons. The molecule has 3 rings (SSSR count). The number of benzene rings is 2. The summed E-state index contributed by atoms with van der Waals surface area (Å²) in [6.07, 6.45) is 1.11. The molecular weight excluding hydrogens is 461 g/mol. The first kappa shape index (κ1) is 21.0. The third-order valence-corrected chi connectivity index (χ3v) is 6.55. The molecule has 0 aliphatic carbocycles. The first-order valence-electron chi connectivity index (χ1n) is 8.59. The van der Waals surface area contributed by atoms with E-state index in [4.69, 9.17) is 12.2 Å². The molecule has 2 aromatic carbocycles. The predicted molar refractivity (Wildman–Crippen MR) is 120 cm³/mol. The first-order chi connectivity index (χ1) is 13.1. The smallest absolute Gasteiger partial charge is 0.329 e. The molecule has 3 nitrogen and oxygen atoms in total. The second kappa shape index (κ2) is 7.97. The number of aliphatic carboxylic acids is 1. The summed E-state index contributed by atoms with van der Waals surface area (Å²) in [6.45, 7) is 6.59. The van der Waals surface area contributed by atoms with Gasteiger partial charge in [-0.1, -0.05) is 72.8 Å². The molecule has 28 heavy (non-hydrogen) atoms. The molecule has 0 amide bonds. The average molecular weight is 480 g/mol. The molecule has 0 fully saturated rings. The normalized spacial score (nSPS) is 15.7. The Morgan fingerprint density at radius 3 is 2.61 bits per heavy atom. The van der Waals surface area contributed by atoms with Crippen LogP contribution in [0.4, 0.5) is 10.1 Å². The Kier molecular flexibility index (Phi) is 5.98. The lowest BCUT2D eigenvalue weighted by Gasteiger charge is -2.34. The Labute approximate surface area is 181 Å². The summed E-state index contributed by atoms with van der Waals surface area (Å²) in [5, 5.41) is 9.20. The van der Waals surface area contributed by atoms with Gasteiger partial charge in [0.05, 0.1) is 17.1 Å². The number of carboxylic acid groups (broad SMARTS) is 1. The van der Waals surface area contributed by atoms with E-state index < -0.39 is 5.97 Å². The van der Waals surface area contributed by atoms with Crippen LogP contribution in [0.2, 0.25) is 0 Å². The number of thioether (sulfide) groups is 1. The van der Waals surface area contributed by atoms with Crippen LogP contribution in [0.5, 0.6) is 0 Å². The fourth-order valence-corrected chi connectivity index (χ4v) is 4.55.